The molecule has 1 aliphatic rings. The van der Waals surface area contributed by atoms with Gasteiger partial charge < -0.3 is 15.1 Å². The summed E-state index contributed by atoms with van der Waals surface area (Å²) in [6.07, 6.45) is 3.56. The van der Waals surface area contributed by atoms with Crippen LogP contribution in [0.5, 0.6) is 0 Å². The summed E-state index contributed by atoms with van der Waals surface area (Å²) < 4.78 is 0. The van der Waals surface area contributed by atoms with Crippen LogP contribution in [0.3, 0.4) is 0 Å². The van der Waals surface area contributed by atoms with E-state index >= 15 is 0 Å². The maximum absolute atomic E-state index is 11.8. The number of carbonyl (C=O) groups excluding carboxylic acids is 1. The van der Waals surface area contributed by atoms with Crippen LogP contribution in [0, 0.1) is 0 Å². The molecule has 0 bridgehead atoms. The van der Waals surface area contributed by atoms with Gasteiger partial charge in [0, 0.05) is 25.7 Å². The summed E-state index contributed by atoms with van der Waals surface area (Å²) in [5.41, 5.74) is 0. The Balaban J connectivity index is 2.27. The molecule has 0 radical (unpaired) electrons. The van der Waals surface area contributed by atoms with Gasteiger partial charge in [0.2, 0.25) is 0 Å². The molecule has 1 rings (SSSR count). The van der Waals surface area contributed by atoms with Gasteiger partial charge in [-0.3, -0.25) is 0 Å². The normalized spacial score (nSPS) is 19.1. The molecule has 0 saturated carbocycles. The molecule has 0 aromatic carbocycles. The highest BCUT2D eigenvalue weighted by atomic mass is 16.2. The van der Waals surface area contributed by atoms with Crippen molar-refractivity contribution in [3.05, 3.63) is 0 Å². The molecule has 4 nitrogen and oxygen atoms in total. The van der Waals surface area contributed by atoms with Crippen molar-refractivity contribution in [3.8, 4) is 0 Å². The van der Waals surface area contributed by atoms with E-state index in [1.54, 1.807) is 0 Å². The molecule has 0 aromatic rings. The first-order chi connectivity index (χ1) is 7.09. The van der Waals surface area contributed by atoms with Gasteiger partial charge in [-0.25, -0.2) is 4.79 Å². The summed E-state index contributed by atoms with van der Waals surface area (Å²) in [6, 6.07) is 0.318. The van der Waals surface area contributed by atoms with E-state index in [9.17, 15) is 4.79 Å². The number of piperidine rings is 1. The number of rotatable bonds is 3. The molecule has 0 aromatic heterocycles. The molecule has 1 aliphatic heterocycles. The number of hydrogen-bond acceptors (Lipinski definition) is 2. The number of urea groups is 1. The molecule has 0 aliphatic carbocycles. The largest absolute Gasteiger partial charge is 0.334 e. The Morgan fingerprint density at radius 1 is 1.33 bits per heavy atom. The van der Waals surface area contributed by atoms with Crippen LogP contribution in [0.4, 0.5) is 4.79 Å². The Morgan fingerprint density at radius 2 is 1.93 bits per heavy atom. The van der Waals surface area contributed by atoms with E-state index in [1.165, 1.54) is 6.42 Å². The standard InChI is InChI=1S/C11H23N3O/c1-10(9-13(2)3)12-11(15)14-7-5-4-6-8-14/h10H,4-9H2,1-3H3,(H,12,15). The second-order valence-corrected chi connectivity index (χ2v) is 4.66. The van der Waals surface area contributed by atoms with Crippen LogP contribution in [-0.2, 0) is 0 Å². The van der Waals surface area contributed by atoms with E-state index in [4.69, 9.17) is 0 Å². The van der Waals surface area contributed by atoms with Crippen molar-refractivity contribution in [3.63, 3.8) is 0 Å². The summed E-state index contributed by atoms with van der Waals surface area (Å²) >= 11 is 0. The van der Waals surface area contributed by atoms with Crippen molar-refractivity contribution in [2.24, 2.45) is 0 Å². The van der Waals surface area contributed by atoms with Crippen LogP contribution < -0.4 is 5.32 Å². The maximum Gasteiger partial charge on any atom is 0.317 e. The summed E-state index contributed by atoms with van der Waals surface area (Å²) in [5.74, 6) is 0. The molecular weight excluding hydrogens is 190 g/mol. The van der Waals surface area contributed by atoms with Gasteiger partial charge in [0.25, 0.3) is 0 Å². The minimum Gasteiger partial charge on any atom is -0.334 e. The van der Waals surface area contributed by atoms with Crippen LogP contribution in [0.25, 0.3) is 0 Å². The maximum atomic E-state index is 11.8. The fraction of sp³-hybridized carbons (Fsp3) is 0.909. The van der Waals surface area contributed by atoms with Gasteiger partial charge in [-0.05, 0) is 40.3 Å². The minimum atomic E-state index is 0.101. The van der Waals surface area contributed by atoms with Crippen molar-refractivity contribution in [2.75, 3.05) is 33.7 Å². The lowest BCUT2D eigenvalue weighted by molar-refractivity contribution is 0.181. The summed E-state index contributed by atoms with van der Waals surface area (Å²) in [5, 5.41) is 3.03. The molecule has 1 N–H and O–H groups in total. The predicted molar refractivity (Wildman–Crippen MR) is 62.0 cm³/mol. The molecule has 15 heavy (non-hydrogen) atoms. The molecule has 1 unspecified atom stereocenters. The molecule has 0 spiro atoms. The molecular formula is C11H23N3O. The SMILES string of the molecule is CC(CN(C)C)NC(=O)N1CCCCC1. The van der Waals surface area contributed by atoms with Gasteiger partial charge in [0.1, 0.15) is 0 Å². The van der Waals surface area contributed by atoms with E-state index in [1.807, 2.05) is 25.9 Å². The third-order valence-electron chi connectivity index (χ3n) is 2.65. The van der Waals surface area contributed by atoms with E-state index in [0.29, 0.717) is 0 Å². The second-order valence-electron chi connectivity index (χ2n) is 4.66. The Kier molecular flexibility index (Phi) is 4.88. The first-order valence-electron chi connectivity index (χ1n) is 5.80. The second kappa shape index (κ2) is 5.95. The zero-order valence-corrected chi connectivity index (χ0v) is 10.1. The van der Waals surface area contributed by atoms with E-state index in [-0.39, 0.29) is 12.1 Å². The van der Waals surface area contributed by atoms with E-state index in [0.717, 1.165) is 32.5 Å². The van der Waals surface area contributed by atoms with Crippen LogP contribution in [-0.4, -0.2) is 55.6 Å². The quantitative estimate of drug-likeness (QED) is 0.763. The fourth-order valence-electron chi connectivity index (χ4n) is 1.99. The number of likely N-dealkylation sites (N-methyl/N-ethyl adjacent to an activating group) is 1. The van der Waals surface area contributed by atoms with Crippen LogP contribution in [0.2, 0.25) is 0 Å². The highest BCUT2D eigenvalue weighted by Crippen LogP contribution is 2.08. The van der Waals surface area contributed by atoms with Crippen LogP contribution in [0.15, 0.2) is 0 Å². The zero-order valence-electron chi connectivity index (χ0n) is 10.1. The Labute approximate surface area is 92.6 Å². The topological polar surface area (TPSA) is 35.6 Å². The average molecular weight is 213 g/mol. The summed E-state index contributed by atoms with van der Waals surface area (Å²) in [7, 11) is 4.03. The molecule has 1 atom stereocenters. The molecule has 2 amide bonds. The number of amides is 2. The summed E-state index contributed by atoms with van der Waals surface area (Å²) in [6.45, 7) is 4.77. The van der Waals surface area contributed by atoms with Crippen molar-refractivity contribution in [2.45, 2.75) is 32.2 Å². The summed E-state index contributed by atoms with van der Waals surface area (Å²) in [4.78, 5) is 15.8. The van der Waals surface area contributed by atoms with Crippen LogP contribution >= 0.6 is 0 Å². The monoisotopic (exact) mass is 213 g/mol. The van der Waals surface area contributed by atoms with Crippen molar-refractivity contribution >= 4 is 6.03 Å². The van der Waals surface area contributed by atoms with E-state index in [2.05, 4.69) is 10.2 Å². The van der Waals surface area contributed by atoms with Crippen molar-refractivity contribution in [1.82, 2.24) is 15.1 Å². The Morgan fingerprint density at radius 3 is 2.47 bits per heavy atom. The van der Waals surface area contributed by atoms with Gasteiger partial charge >= 0.3 is 6.03 Å². The van der Waals surface area contributed by atoms with Crippen molar-refractivity contribution in [1.29, 1.82) is 0 Å². The number of nitrogens with zero attached hydrogens (tertiary/aromatic N) is 2. The minimum absolute atomic E-state index is 0.101. The average Bonchev–Trinajstić information content (AvgIpc) is 2.17. The first-order valence-corrected chi connectivity index (χ1v) is 5.80. The van der Waals surface area contributed by atoms with E-state index < -0.39 is 0 Å². The molecule has 1 saturated heterocycles. The number of likely N-dealkylation sites (tertiary alicyclic amines) is 1. The van der Waals surface area contributed by atoms with Gasteiger partial charge in [0.15, 0.2) is 0 Å². The fourth-order valence-corrected chi connectivity index (χ4v) is 1.99. The predicted octanol–water partition coefficient (Wildman–Crippen LogP) is 1.13. The lowest BCUT2D eigenvalue weighted by Gasteiger charge is -2.29. The van der Waals surface area contributed by atoms with Gasteiger partial charge in [-0.15, -0.1) is 0 Å². The lowest BCUT2D eigenvalue weighted by Crippen LogP contribution is -2.48. The number of hydrogen-bond donors (Lipinski definition) is 1. The molecule has 4 heteroatoms. The zero-order chi connectivity index (χ0) is 11.3. The number of nitrogens with one attached hydrogen (secondary N) is 1. The van der Waals surface area contributed by atoms with Gasteiger partial charge in [-0.1, -0.05) is 0 Å². The third-order valence-corrected chi connectivity index (χ3v) is 2.65. The molecule has 1 fully saturated rings. The van der Waals surface area contributed by atoms with Crippen molar-refractivity contribution < 1.29 is 4.79 Å². The highest BCUT2D eigenvalue weighted by Gasteiger charge is 2.17. The Bertz CT molecular complexity index is 200. The third kappa shape index (κ3) is 4.51. The highest BCUT2D eigenvalue weighted by molar-refractivity contribution is 5.74. The van der Waals surface area contributed by atoms with Gasteiger partial charge in [-0.2, -0.15) is 0 Å². The smallest absolute Gasteiger partial charge is 0.317 e. The van der Waals surface area contributed by atoms with Crippen LogP contribution in [0.1, 0.15) is 26.2 Å². The number of carbonyl (C=O) groups is 1. The van der Waals surface area contributed by atoms with Gasteiger partial charge in [0.05, 0.1) is 0 Å². The lowest BCUT2D eigenvalue weighted by atomic mass is 10.1. The Hall–Kier alpha value is -0.770. The molecule has 88 valence electrons. The first kappa shape index (κ1) is 12.3. The molecule has 1 heterocycles.